The molecule has 198 valence electrons. The molecule has 0 N–H and O–H groups in total. The van der Waals surface area contributed by atoms with E-state index in [1.54, 1.807) is 0 Å². The molecule has 0 nitrogen and oxygen atoms in total. The Hall–Kier alpha value is -3.56. The van der Waals surface area contributed by atoms with Crippen LogP contribution >= 0.6 is 0 Å². The number of allylic oxidation sites excluding steroid dienone is 5. The molecule has 3 aromatic carbocycles. The molecule has 1 saturated carbocycles. The van der Waals surface area contributed by atoms with Crippen molar-refractivity contribution in [2.24, 2.45) is 17.8 Å². The number of hydrogen-bond acceptors (Lipinski definition) is 0. The van der Waals surface area contributed by atoms with Gasteiger partial charge in [-0.05, 0) is 109 Å². The quantitative estimate of drug-likeness (QED) is 0.198. The molecule has 39 heavy (non-hydrogen) atoms. The molecule has 0 saturated heterocycles. The lowest BCUT2D eigenvalue weighted by molar-refractivity contribution is 0.252. The number of rotatable bonds is 9. The zero-order chi connectivity index (χ0) is 27.2. The summed E-state index contributed by atoms with van der Waals surface area (Å²) in [5.74, 6) is 5.16. The third kappa shape index (κ3) is 6.72. The van der Waals surface area contributed by atoms with E-state index in [9.17, 15) is 0 Å². The summed E-state index contributed by atoms with van der Waals surface area (Å²) in [6, 6.07) is 26.9. The number of benzene rings is 3. The second-order valence-corrected chi connectivity index (χ2v) is 11.9. The zero-order valence-electron chi connectivity index (χ0n) is 23.7. The normalized spacial score (nSPS) is 21.3. The lowest BCUT2D eigenvalue weighted by Crippen LogP contribution is -2.23. The van der Waals surface area contributed by atoms with Crippen LogP contribution in [0.1, 0.15) is 78.3 Å². The van der Waals surface area contributed by atoms with Gasteiger partial charge in [-0.15, -0.1) is 6.42 Å². The Morgan fingerprint density at radius 1 is 0.949 bits per heavy atom. The van der Waals surface area contributed by atoms with E-state index in [2.05, 4.69) is 111 Å². The Labute approximate surface area is 236 Å². The van der Waals surface area contributed by atoms with Gasteiger partial charge in [-0.25, -0.2) is 0 Å². The summed E-state index contributed by atoms with van der Waals surface area (Å²) in [6.45, 7) is 9.08. The Kier molecular flexibility index (Phi) is 8.68. The second kappa shape index (κ2) is 12.5. The fourth-order valence-corrected chi connectivity index (χ4v) is 6.75. The molecule has 0 amide bonds. The van der Waals surface area contributed by atoms with Crippen LogP contribution in [0.2, 0.25) is 0 Å². The second-order valence-electron chi connectivity index (χ2n) is 11.9. The maximum absolute atomic E-state index is 5.64. The van der Waals surface area contributed by atoms with Crippen LogP contribution in [0.3, 0.4) is 0 Å². The third-order valence-electron chi connectivity index (χ3n) is 8.98. The molecular weight excluding hydrogens is 468 g/mol. The van der Waals surface area contributed by atoms with E-state index in [-0.39, 0.29) is 0 Å². The first-order chi connectivity index (χ1) is 19.0. The van der Waals surface area contributed by atoms with Crippen molar-refractivity contribution in [2.75, 3.05) is 0 Å². The summed E-state index contributed by atoms with van der Waals surface area (Å²) in [6.07, 6.45) is 20.9. The highest BCUT2D eigenvalue weighted by molar-refractivity contribution is 5.76. The standard InChI is InChI=1S/C39H42/c1-5-34-18-16-33(26-30(34)4)27-32-14-19-36(20-15-32)39(29(3)12-13-31-9-7-6-8-10-31)37-23-21-35(22-24-37)38-17-11-28(2)25-38/h1,6-11,16-18,21-26,28,32,36,39H,3,12-15,19-20,27H2,2,4H3. The molecule has 0 heteroatoms. The van der Waals surface area contributed by atoms with Crippen molar-refractivity contribution in [3.8, 4) is 12.3 Å². The average molecular weight is 511 g/mol. The van der Waals surface area contributed by atoms with Crippen LogP contribution in [0.25, 0.3) is 5.57 Å². The minimum absolute atomic E-state index is 0.424. The molecule has 0 aliphatic heterocycles. The van der Waals surface area contributed by atoms with E-state index in [4.69, 9.17) is 13.0 Å². The van der Waals surface area contributed by atoms with Gasteiger partial charge in [0.15, 0.2) is 0 Å². The van der Waals surface area contributed by atoms with Crippen molar-refractivity contribution in [1.29, 1.82) is 0 Å². The summed E-state index contributed by atoms with van der Waals surface area (Å²) in [4.78, 5) is 0. The summed E-state index contributed by atoms with van der Waals surface area (Å²) < 4.78 is 0. The van der Waals surface area contributed by atoms with Crippen LogP contribution in [0, 0.1) is 37.0 Å². The van der Waals surface area contributed by atoms with Crippen molar-refractivity contribution >= 4 is 5.57 Å². The highest BCUT2D eigenvalue weighted by Gasteiger charge is 2.30. The van der Waals surface area contributed by atoms with Gasteiger partial charge in [0.25, 0.3) is 0 Å². The maximum Gasteiger partial charge on any atom is 0.0271 e. The lowest BCUT2D eigenvalue weighted by atomic mass is 9.69. The van der Waals surface area contributed by atoms with Crippen LogP contribution in [-0.2, 0) is 12.8 Å². The van der Waals surface area contributed by atoms with E-state index < -0.39 is 0 Å². The molecule has 0 heterocycles. The first-order valence-electron chi connectivity index (χ1n) is 14.8. The van der Waals surface area contributed by atoms with Crippen LogP contribution < -0.4 is 0 Å². The van der Waals surface area contributed by atoms with Crippen LogP contribution in [0.4, 0.5) is 0 Å². The van der Waals surface area contributed by atoms with Gasteiger partial charge in [0.2, 0.25) is 0 Å². The largest absolute Gasteiger partial charge is 0.115 e. The number of hydrogen-bond donors (Lipinski definition) is 0. The van der Waals surface area contributed by atoms with Crippen molar-refractivity contribution in [3.63, 3.8) is 0 Å². The molecule has 0 bridgehead atoms. The van der Waals surface area contributed by atoms with Gasteiger partial charge in [-0.2, -0.15) is 0 Å². The summed E-state index contributed by atoms with van der Waals surface area (Å²) in [5.41, 5.74) is 10.6. The molecular formula is C39H42. The summed E-state index contributed by atoms with van der Waals surface area (Å²) >= 11 is 0. The smallest absolute Gasteiger partial charge is 0.0271 e. The minimum atomic E-state index is 0.424. The maximum atomic E-state index is 5.64. The molecule has 0 spiro atoms. The van der Waals surface area contributed by atoms with Crippen molar-refractivity contribution in [2.45, 2.75) is 64.7 Å². The van der Waals surface area contributed by atoms with Crippen LogP contribution in [0.15, 0.2) is 103 Å². The van der Waals surface area contributed by atoms with Crippen molar-refractivity contribution < 1.29 is 0 Å². The Balaban J connectivity index is 1.29. The van der Waals surface area contributed by atoms with Crippen molar-refractivity contribution in [3.05, 3.63) is 137 Å². The topological polar surface area (TPSA) is 0 Å². The van der Waals surface area contributed by atoms with Crippen LogP contribution in [0.5, 0.6) is 0 Å². The van der Waals surface area contributed by atoms with Gasteiger partial charge in [0.05, 0.1) is 0 Å². The summed E-state index contributed by atoms with van der Waals surface area (Å²) in [5, 5.41) is 0. The third-order valence-corrected chi connectivity index (χ3v) is 8.98. The van der Waals surface area contributed by atoms with Gasteiger partial charge in [0.1, 0.15) is 0 Å². The first-order valence-corrected chi connectivity index (χ1v) is 14.8. The van der Waals surface area contributed by atoms with Gasteiger partial charge in [-0.3, -0.25) is 0 Å². The molecule has 2 atom stereocenters. The zero-order valence-corrected chi connectivity index (χ0v) is 23.7. The SMILES string of the molecule is C#Cc1ccc(CC2CCC(C(C(=C)CCc3ccccc3)c3ccc(C4=CC(C)C=C4)cc3)CC2)cc1C. The van der Waals surface area contributed by atoms with E-state index in [0.29, 0.717) is 17.8 Å². The Bertz CT molecular complexity index is 1370. The fourth-order valence-electron chi connectivity index (χ4n) is 6.75. The van der Waals surface area contributed by atoms with E-state index in [0.717, 1.165) is 30.7 Å². The highest BCUT2D eigenvalue weighted by Crippen LogP contribution is 2.44. The van der Waals surface area contributed by atoms with Gasteiger partial charge < -0.3 is 0 Å². The number of terminal acetylenes is 1. The predicted molar refractivity (Wildman–Crippen MR) is 168 cm³/mol. The molecule has 0 radical (unpaired) electrons. The van der Waals surface area contributed by atoms with E-state index in [1.807, 2.05) is 0 Å². The molecule has 3 aromatic rings. The molecule has 5 rings (SSSR count). The Morgan fingerprint density at radius 3 is 2.33 bits per heavy atom. The molecule has 0 aromatic heterocycles. The van der Waals surface area contributed by atoms with Crippen LogP contribution in [-0.4, -0.2) is 0 Å². The minimum Gasteiger partial charge on any atom is -0.115 e. The number of aryl methyl sites for hydroxylation is 2. The summed E-state index contributed by atoms with van der Waals surface area (Å²) in [7, 11) is 0. The first kappa shape index (κ1) is 27.0. The van der Waals surface area contributed by atoms with Crippen molar-refractivity contribution in [1.82, 2.24) is 0 Å². The lowest BCUT2D eigenvalue weighted by Gasteiger charge is -2.36. The van der Waals surface area contributed by atoms with Gasteiger partial charge in [0, 0.05) is 11.5 Å². The molecule has 2 aliphatic rings. The van der Waals surface area contributed by atoms with Gasteiger partial charge in [-0.1, -0.05) is 110 Å². The van der Waals surface area contributed by atoms with E-state index in [1.165, 1.54) is 64.6 Å². The molecule has 1 fully saturated rings. The van der Waals surface area contributed by atoms with Gasteiger partial charge >= 0.3 is 0 Å². The fraction of sp³-hybridized carbons (Fsp3) is 0.333. The van der Waals surface area contributed by atoms with E-state index >= 15 is 0 Å². The molecule has 2 unspecified atom stereocenters. The predicted octanol–water partition coefficient (Wildman–Crippen LogP) is 9.89. The monoisotopic (exact) mass is 510 g/mol. The Morgan fingerprint density at radius 2 is 1.69 bits per heavy atom. The average Bonchev–Trinajstić information content (AvgIpc) is 3.40. The highest BCUT2D eigenvalue weighted by atomic mass is 14.3. The molecule has 2 aliphatic carbocycles.